The Hall–Kier alpha value is -0.163. The Morgan fingerprint density at radius 3 is 2.22 bits per heavy atom. The predicted molar refractivity (Wildman–Crippen MR) is 82.0 cm³/mol. The molecule has 104 valence electrons. The maximum atomic E-state index is 8.89. The first-order chi connectivity index (χ1) is 8.26. The summed E-state index contributed by atoms with van der Waals surface area (Å²) < 4.78 is 6.16. The topological polar surface area (TPSA) is 29.5 Å². The number of aliphatic hydroxyl groups is 1. The summed E-state index contributed by atoms with van der Waals surface area (Å²) in [5.41, 5.74) is 0. The predicted octanol–water partition coefficient (Wildman–Crippen LogP) is 3.85. The molecule has 0 aliphatic heterocycles. The van der Waals surface area contributed by atoms with Crippen LogP contribution in [0.15, 0.2) is 12.1 Å². The number of rotatable bonds is 6. The minimum atomic E-state index is -1.60. The van der Waals surface area contributed by atoms with Crippen molar-refractivity contribution in [2.75, 3.05) is 13.2 Å². The second-order valence-electron chi connectivity index (χ2n) is 6.20. The van der Waals surface area contributed by atoms with E-state index in [2.05, 4.69) is 46.0 Å². The van der Waals surface area contributed by atoms with Gasteiger partial charge < -0.3 is 9.53 Å². The molecule has 0 fully saturated rings. The Morgan fingerprint density at radius 1 is 1.17 bits per heavy atom. The van der Waals surface area contributed by atoms with Gasteiger partial charge in [-0.25, -0.2) is 0 Å². The lowest BCUT2D eigenvalue weighted by atomic mass is 10.2. The van der Waals surface area contributed by atoms with Crippen molar-refractivity contribution in [1.29, 1.82) is 0 Å². The molecule has 0 aliphatic carbocycles. The Balaban J connectivity index is 2.41. The van der Waals surface area contributed by atoms with Crippen molar-refractivity contribution in [3.05, 3.63) is 21.9 Å². The van der Waals surface area contributed by atoms with E-state index in [4.69, 9.17) is 9.53 Å². The first kappa shape index (κ1) is 15.9. The molecule has 0 saturated heterocycles. The lowest BCUT2D eigenvalue weighted by molar-refractivity contribution is 0.293. The zero-order chi connectivity index (χ0) is 13.8. The number of hydrogen-bond donors (Lipinski definition) is 1. The highest BCUT2D eigenvalue weighted by Gasteiger charge is 2.36. The summed E-state index contributed by atoms with van der Waals surface area (Å²) in [6, 6.07) is 4.27. The summed E-state index contributed by atoms with van der Waals surface area (Å²) in [6.45, 7) is 12.4. The van der Waals surface area contributed by atoms with Gasteiger partial charge in [-0.3, -0.25) is 0 Å². The molecule has 1 rings (SSSR count). The van der Waals surface area contributed by atoms with Gasteiger partial charge in [-0.05, 0) is 30.3 Å². The summed E-state index contributed by atoms with van der Waals surface area (Å²) >= 11 is 1.79. The van der Waals surface area contributed by atoms with Gasteiger partial charge in [0.15, 0.2) is 8.32 Å². The highest BCUT2D eigenvalue weighted by atomic mass is 32.1. The number of hydrogen-bond acceptors (Lipinski definition) is 3. The van der Waals surface area contributed by atoms with Gasteiger partial charge in [0.05, 0.1) is 0 Å². The Kier molecular flexibility index (Phi) is 5.59. The van der Waals surface area contributed by atoms with E-state index in [1.807, 2.05) is 0 Å². The van der Waals surface area contributed by atoms with E-state index in [0.717, 1.165) is 19.4 Å². The molecule has 0 saturated carbocycles. The summed E-state index contributed by atoms with van der Waals surface area (Å²) in [5, 5.41) is 9.17. The van der Waals surface area contributed by atoms with Crippen LogP contribution in [-0.2, 0) is 17.3 Å². The zero-order valence-electron chi connectivity index (χ0n) is 12.2. The summed E-state index contributed by atoms with van der Waals surface area (Å²) in [6.07, 6.45) is 1.76. The summed E-state index contributed by atoms with van der Waals surface area (Å²) in [4.78, 5) is 2.62. The second-order valence-corrected chi connectivity index (χ2v) is 12.3. The van der Waals surface area contributed by atoms with Crippen LogP contribution in [0.1, 0.15) is 30.5 Å². The van der Waals surface area contributed by atoms with E-state index >= 15 is 0 Å². The standard InChI is InChI=1S/C14H26O2SSi/c1-14(2,3)18(4,5)16-11-9-13-7-6-12(17-13)8-10-15/h6-7,15H,8-11H2,1-5H3. The third-order valence-electron chi connectivity index (χ3n) is 3.69. The van der Waals surface area contributed by atoms with Gasteiger partial charge in [0.25, 0.3) is 0 Å². The van der Waals surface area contributed by atoms with E-state index in [0.29, 0.717) is 0 Å². The minimum Gasteiger partial charge on any atom is -0.416 e. The molecule has 4 heteroatoms. The average molecular weight is 287 g/mol. The highest BCUT2D eigenvalue weighted by Crippen LogP contribution is 2.36. The fraction of sp³-hybridized carbons (Fsp3) is 0.714. The van der Waals surface area contributed by atoms with Crippen LogP contribution in [0.2, 0.25) is 18.1 Å². The fourth-order valence-corrected chi connectivity index (χ4v) is 3.46. The fourth-order valence-electron chi connectivity index (χ4n) is 1.42. The van der Waals surface area contributed by atoms with E-state index in [9.17, 15) is 0 Å². The average Bonchev–Trinajstić information content (AvgIpc) is 2.64. The summed E-state index contributed by atoms with van der Waals surface area (Å²) in [5.74, 6) is 0. The normalized spacial score (nSPS) is 13.0. The Bertz CT molecular complexity index is 366. The molecule has 1 aromatic heterocycles. The Morgan fingerprint density at radius 2 is 1.72 bits per heavy atom. The van der Waals surface area contributed by atoms with Gasteiger partial charge >= 0.3 is 0 Å². The maximum Gasteiger partial charge on any atom is 0.191 e. The molecular weight excluding hydrogens is 260 g/mol. The molecule has 0 aliphatic rings. The van der Waals surface area contributed by atoms with Gasteiger partial charge in [0, 0.05) is 35.8 Å². The molecule has 2 nitrogen and oxygen atoms in total. The van der Waals surface area contributed by atoms with Crippen molar-refractivity contribution in [3.63, 3.8) is 0 Å². The van der Waals surface area contributed by atoms with Gasteiger partial charge in [-0.2, -0.15) is 0 Å². The van der Waals surface area contributed by atoms with Gasteiger partial charge in [0.2, 0.25) is 0 Å². The smallest absolute Gasteiger partial charge is 0.191 e. The van der Waals surface area contributed by atoms with Crippen LogP contribution in [-0.4, -0.2) is 26.6 Å². The lowest BCUT2D eigenvalue weighted by Crippen LogP contribution is -2.41. The van der Waals surface area contributed by atoms with Crippen LogP contribution in [0, 0.1) is 0 Å². The maximum absolute atomic E-state index is 8.89. The monoisotopic (exact) mass is 286 g/mol. The largest absolute Gasteiger partial charge is 0.416 e. The summed E-state index contributed by atoms with van der Waals surface area (Å²) in [7, 11) is -1.60. The van der Waals surface area contributed by atoms with Crippen LogP contribution in [0.3, 0.4) is 0 Å². The lowest BCUT2D eigenvalue weighted by Gasteiger charge is -2.36. The van der Waals surface area contributed by atoms with Gasteiger partial charge in [0.1, 0.15) is 0 Å². The third-order valence-corrected chi connectivity index (χ3v) is 9.44. The molecule has 0 unspecified atom stereocenters. The van der Waals surface area contributed by atoms with Crippen LogP contribution in [0.5, 0.6) is 0 Å². The van der Waals surface area contributed by atoms with Crippen LogP contribution < -0.4 is 0 Å². The quantitative estimate of drug-likeness (QED) is 0.805. The molecular formula is C14H26O2SSi. The minimum absolute atomic E-state index is 0.237. The first-order valence-corrected chi connectivity index (χ1v) is 10.3. The van der Waals surface area contributed by atoms with Crippen LogP contribution in [0.25, 0.3) is 0 Å². The van der Waals surface area contributed by atoms with E-state index in [-0.39, 0.29) is 11.6 Å². The molecule has 1 aromatic rings. The highest BCUT2D eigenvalue weighted by molar-refractivity contribution is 7.12. The molecule has 18 heavy (non-hydrogen) atoms. The molecule has 1 heterocycles. The van der Waals surface area contributed by atoms with E-state index in [1.54, 1.807) is 11.3 Å². The van der Waals surface area contributed by atoms with Crippen molar-refractivity contribution in [1.82, 2.24) is 0 Å². The van der Waals surface area contributed by atoms with Crippen LogP contribution >= 0.6 is 11.3 Å². The van der Waals surface area contributed by atoms with Crippen molar-refractivity contribution in [2.24, 2.45) is 0 Å². The molecule has 0 spiro atoms. The van der Waals surface area contributed by atoms with Gasteiger partial charge in [-0.1, -0.05) is 20.8 Å². The molecule has 0 atom stereocenters. The SMILES string of the molecule is CC(C)(C)[Si](C)(C)OCCc1ccc(CCO)s1. The zero-order valence-corrected chi connectivity index (χ0v) is 14.1. The second kappa shape index (κ2) is 6.33. The molecule has 0 aromatic carbocycles. The number of thiophene rings is 1. The third kappa shape index (κ3) is 4.50. The first-order valence-electron chi connectivity index (χ1n) is 6.59. The molecule has 0 radical (unpaired) electrons. The van der Waals surface area contributed by atoms with Crippen molar-refractivity contribution >= 4 is 19.7 Å². The molecule has 0 bridgehead atoms. The van der Waals surface area contributed by atoms with E-state index < -0.39 is 8.32 Å². The Labute approximate surface area is 116 Å². The van der Waals surface area contributed by atoms with Crippen molar-refractivity contribution in [2.45, 2.75) is 51.7 Å². The molecule has 1 N–H and O–H groups in total. The molecule has 0 amide bonds. The van der Waals surface area contributed by atoms with Crippen LogP contribution in [0.4, 0.5) is 0 Å². The van der Waals surface area contributed by atoms with Crippen molar-refractivity contribution in [3.8, 4) is 0 Å². The van der Waals surface area contributed by atoms with Gasteiger partial charge in [-0.15, -0.1) is 11.3 Å². The number of aliphatic hydroxyl groups excluding tert-OH is 1. The van der Waals surface area contributed by atoms with E-state index in [1.165, 1.54) is 9.75 Å². The van der Waals surface area contributed by atoms with Crippen molar-refractivity contribution < 1.29 is 9.53 Å².